The molecule has 1 aromatic carbocycles. The van der Waals surface area contributed by atoms with E-state index in [-0.39, 0.29) is 43.8 Å². The molecule has 0 aliphatic carbocycles. The van der Waals surface area contributed by atoms with Crippen LogP contribution in [0.15, 0.2) is 44.9 Å². The normalized spacial score (nSPS) is 21.8. The van der Waals surface area contributed by atoms with Gasteiger partial charge in [-0.3, -0.25) is 9.59 Å². The summed E-state index contributed by atoms with van der Waals surface area (Å²) in [5.41, 5.74) is 22.7. The molecule has 2 saturated heterocycles. The number of aromatic nitrogens is 1. The van der Waals surface area contributed by atoms with Crippen molar-refractivity contribution < 1.29 is 19.1 Å². The van der Waals surface area contributed by atoms with Crippen LogP contribution in [0, 0.1) is 0 Å². The molecule has 2 fully saturated rings. The first-order valence-electron chi connectivity index (χ1n) is 16.8. The first-order valence-corrected chi connectivity index (χ1v) is 16.8. The predicted molar refractivity (Wildman–Crippen MR) is 176 cm³/mol. The van der Waals surface area contributed by atoms with Gasteiger partial charge in [0, 0.05) is 65.5 Å². The fourth-order valence-corrected chi connectivity index (χ4v) is 7.99. The number of amides is 1. The van der Waals surface area contributed by atoms with Crippen LogP contribution in [0.25, 0.3) is 26.5 Å². The summed E-state index contributed by atoms with van der Waals surface area (Å²) in [5.74, 6) is -0.737. The van der Waals surface area contributed by atoms with Crippen LogP contribution in [0.2, 0.25) is 0 Å². The van der Waals surface area contributed by atoms with Gasteiger partial charge in [-0.2, -0.15) is 0 Å². The quantitative estimate of drug-likeness (QED) is 0.162. The van der Waals surface area contributed by atoms with Crippen LogP contribution >= 0.6 is 0 Å². The van der Waals surface area contributed by atoms with E-state index in [0.717, 1.165) is 48.3 Å². The number of likely N-dealkylation sites (tertiary alicyclic amines) is 2. The molecule has 2 unspecified atom stereocenters. The van der Waals surface area contributed by atoms with Crippen molar-refractivity contribution in [1.82, 2.24) is 14.4 Å². The molecule has 1 N–H and O–H groups in total. The second-order valence-electron chi connectivity index (χ2n) is 13.0. The topological polar surface area (TPSA) is 191 Å². The Morgan fingerprint density at radius 1 is 1.02 bits per heavy atom. The Labute approximate surface area is 276 Å². The van der Waals surface area contributed by atoms with Gasteiger partial charge < -0.3 is 29.2 Å². The van der Waals surface area contributed by atoms with E-state index in [1.54, 1.807) is 15.5 Å². The third kappa shape index (κ3) is 5.96. The molecule has 5 aliphatic heterocycles. The number of fused-ring (bicyclic) bond motifs is 5. The van der Waals surface area contributed by atoms with E-state index in [9.17, 15) is 14.4 Å². The number of nitrogens with zero attached hydrogens (tertiary/aromatic N) is 9. The summed E-state index contributed by atoms with van der Waals surface area (Å²) in [6.07, 6.45) is 5.97. The number of esters is 1. The smallest absolute Gasteiger partial charge is 0.415 e. The van der Waals surface area contributed by atoms with E-state index in [1.807, 2.05) is 18.2 Å². The van der Waals surface area contributed by atoms with E-state index in [2.05, 4.69) is 30.3 Å². The van der Waals surface area contributed by atoms with Gasteiger partial charge in [-0.05, 0) is 104 Å². The average molecular weight is 655 g/mol. The molecule has 15 heteroatoms. The van der Waals surface area contributed by atoms with Gasteiger partial charge in [0.05, 0.1) is 17.5 Å². The second-order valence-corrected chi connectivity index (χ2v) is 13.0. The van der Waals surface area contributed by atoms with Crippen LogP contribution < -0.4 is 15.6 Å². The third-order valence-corrected chi connectivity index (χ3v) is 10.4. The van der Waals surface area contributed by atoms with E-state index in [1.165, 1.54) is 19.3 Å². The minimum absolute atomic E-state index is 0.0989. The number of anilines is 1. The molecular weight excluding hydrogens is 616 g/mol. The average Bonchev–Trinajstić information content (AvgIpc) is 3.48. The summed E-state index contributed by atoms with van der Waals surface area (Å²) >= 11 is 0. The summed E-state index contributed by atoms with van der Waals surface area (Å²) in [6, 6.07) is 7.52. The number of hydrogen-bond acceptors (Lipinski definition) is 9. The van der Waals surface area contributed by atoms with E-state index in [0.29, 0.717) is 54.7 Å². The lowest BCUT2D eigenvalue weighted by Crippen LogP contribution is -2.48. The number of pyridine rings is 1. The van der Waals surface area contributed by atoms with Gasteiger partial charge in [0.25, 0.3) is 5.56 Å². The Kier molecular flexibility index (Phi) is 8.98. The SMILES string of the molecule is [N-]=[N+]=NCCC1=C2Cn3c(cc4c(c3=O)COC(=O)C4CCN=[N+]=[N-])C2Nc2ccc(OC(=O)N3CCC(N4CCCCC4)CC3)cc21. The Balaban J connectivity index is 1.15. The van der Waals surface area contributed by atoms with Crippen molar-refractivity contribution in [2.45, 2.75) is 76.1 Å². The highest BCUT2D eigenvalue weighted by Gasteiger charge is 2.39. The van der Waals surface area contributed by atoms with E-state index >= 15 is 0 Å². The zero-order chi connectivity index (χ0) is 33.2. The zero-order valence-corrected chi connectivity index (χ0v) is 26.7. The molecule has 5 aliphatic rings. The van der Waals surface area contributed by atoms with Crippen LogP contribution in [-0.4, -0.2) is 71.7 Å². The number of nitrogens with one attached hydrogen (secondary N) is 1. The molecule has 2 atom stereocenters. The summed E-state index contributed by atoms with van der Waals surface area (Å²) in [5, 5.41) is 10.9. The van der Waals surface area contributed by atoms with Gasteiger partial charge in [0.15, 0.2) is 0 Å². The first-order chi connectivity index (χ1) is 23.5. The maximum absolute atomic E-state index is 13.8. The fourth-order valence-electron chi connectivity index (χ4n) is 7.99. The molecular formula is C33H38N10O5. The highest BCUT2D eigenvalue weighted by Crippen LogP contribution is 2.47. The molecule has 0 radical (unpaired) electrons. The third-order valence-electron chi connectivity index (χ3n) is 10.4. The number of cyclic esters (lactones) is 1. The van der Waals surface area contributed by atoms with Crippen LogP contribution in [0.5, 0.6) is 5.75 Å². The molecule has 0 bridgehead atoms. The van der Waals surface area contributed by atoms with Crippen molar-refractivity contribution in [2.75, 3.05) is 44.6 Å². The molecule has 250 valence electrons. The summed E-state index contributed by atoms with van der Waals surface area (Å²) in [7, 11) is 0. The standard InChI is InChI=1S/C33H38N10O5/c34-39-36-10-6-22-25-16-21(48-33(46)42-14-8-20(9-15-42)41-12-2-1-3-13-41)4-5-28(25)38-30-26(22)18-43-29(30)17-24-23(7-11-37-40-35)32(45)47-19-27(24)31(43)44/h4-5,16-17,20,23,30,38H,1-3,6-15,18-19H2. The maximum atomic E-state index is 13.8. The molecule has 7 rings (SSSR count). The molecule has 2 aromatic rings. The second kappa shape index (κ2) is 13.6. The van der Waals surface area contributed by atoms with E-state index in [4.69, 9.17) is 20.5 Å². The monoisotopic (exact) mass is 654 g/mol. The number of piperidine rings is 2. The lowest BCUT2D eigenvalue weighted by molar-refractivity contribution is -0.148. The minimum Gasteiger partial charge on any atom is -0.460 e. The number of rotatable bonds is 8. The van der Waals surface area contributed by atoms with Crippen molar-refractivity contribution in [1.29, 1.82) is 0 Å². The van der Waals surface area contributed by atoms with Gasteiger partial charge >= 0.3 is 12.1 Å². The van der Waals surface area contributed by atoms with Crippen LogP contribution in [-0.2, 0) is 22.7 Å². The van der Waals surface area contributed by atoms with E-state index < -0.39 is 11.9 Å². The Morgan fingerprint density at radius 3 is 2.56 bits per heavy atom. The highest BCUT2D eigenvalue weighted by molar-refractivity contribution is 5.85. The van der Waals surface area contributed by atoms with Crippen molar-refractivity contribution >= 4 is 23.3 Å². The zero-order valence-electron chi connectivity index (χ0n) is 26.7. The number of carbonyl (C=O) groups is 2. The molecule has 6 heterocycles. The molecule has 1 aromatic heterocycles. The number of carbonyl (C=O) groups excluding carboxylic acids is 2. The minimum atomic E-state index is -0.709. The molecule has 1 amide bonds. The highest BCUT2D eigenvalue weighted by atomic mass is 16.6. The summed E-state index contributed by atoms with van der Waals surface area (Å²) in [4.78, 5) is 49.9. The number of hydrogen-bond donors (Lipinski definition) is 1. The van der Waals surface area contributed by atoms with Gasteiger partial charge in [0.2, 0.25) is 0 Å². The van der Waals surface area contributed by atoms with Crippen molar-refractivity contribution in [3.63, 3.8) is 0 Å². The maximum Gasteiger partial charge on any atom is 0.415 e. The molecule has 15 nitrogen and oxygen atoms in total. The molecule has 48 heavy (non-hydrogen) atoms. The molecule has 0 spiro atoms. The number of azide groups is 2. The van der Waals surface area contributed by atoms with Crippen LogP contribution in [0.1, 0.15) is 79.3 Å². The lowest BCUT2D eigenvalue weighted by Gasteiger charge is -2.39. The van der Waals surface area contributed by atoms with Gasteiger partial charge in [-0.15, -0.1) is 0 Å². The Hall–Kier alpha value is -4.97. The largest absolute Gasteiger partial charge is 0.460 e. The summed E-state index contributed by atoms with van der Waals surface area (Å²) in [6.45, 7) is 4.11. The Morgan fingerprint density at radius 2 is 1.79 bits per heavy atom. The van der Waals surface area contributed by atoms with Gasteiger partial charge in [-0.1, -0.05) is 16.6 Å². The predicted octanol–water partition coefficient (Wildman–Crippen LogP) is 5.77. The van der Waals surface area contributed by atoms with Crippen LogP contribution in [0.4, 0.5) is 10.5 Å². The van der Waals surface area contributed by atoms with Gasteiger partial charge in [-0.25, -0.2) is 4.79 Å². The fraction of sp³-hybridized carbons (Fsp3) is 0.545. The number of benzene rings is 1. The van der Waals surface area contributed by atoms with Crippen LogP contribution in [0.3, 0.4) is 0 Å². The summed E-state index contributed by atoms with van der Waals surface area (Å²) < 4.78 is 13.0. The molecule has 0 saturated carbocycles. The van der Waals surface area contributed by atoms with Crippen molar-refractivity contribution in [3.05, 3.63) is 83.5 Å². The Bertz CT molecular complexity index is 1810. The first kappa shape index (κ1) is 31.6. The lowest BCUT2D eigenvalue weighted by atomic mass is 9.86. The van der Waals surface area contributed by atoms with Gasteiger partial charge in [0.1, 0.15) is 12.4 Å². The van der Waals surface area contributed by atoms with Crippen molar-refractivity contribution in [2.24, 2.45) is 10.2 Å². The van der Waals surface area contributed by atoms with Crippen molar-refractivity contribution in [3.8, 4) is 5.75 Å². The number of ether oxygens (including phenoxy) is 2.